The average Bonchev–Trinajstić information content (AvgIpc) is 2.57. The van der Waals surface area contributed by atoms with E-state index in [4.69, 9.17) is 0 Å². The van der Waals surface area contributed by atoms with Gasteiger partial charge in [-0.25, -0.2) is 0 Å². The maximum absolute atomic E-state index is 3.96. The summed E-state index contributed by atoms with van der Waals surface area (Å²) in [6.07, 6.45) is 4.26. The van der Waals surface area contributed by atoms with Crippen LogP contribution in [0.15, 0.2) is 31.0 Å². The van der Waals surface area contributed by atoms with Crippen molar-refractivity contribution in [3.8, 4) is 0 Å². The summed E-state index contributed by atoms with van der Waals surface area (Å²) in [7, 11) is 2.11. The summed E-state index contributed by atoms with van der Waals surface area (Å²) in [4.78, 5) is 0. The summed E-state index contributed by atoms with van der Waals surface area (Å²) in [6.45, 7) is 12.7. The van der Waals surface area contributed by atoms with Crippen molar-refractivity contribution in [2.45, 2.75) is 33.1 Å². The van der Waals surface area contributed by atoms with E-state index in [-0.39, 0.29) is 5.41 Å². The quantitative estimate of drug-likeness (QED) is 0.676. The second-order valence-corrected chi connectivity index (χ2v) is 5.56. The van der Waals surface area contributed by atoms with Crippen molar-refractivity contribution in [2.75, 3.05) is 0 Å². The van der Waals surface area contributed by atoms with Gasteiger partial charge >= 0.3 is 0 Å². The molecule has 0 amide bonds. The first-order valence-corrected chi connectivity index (χ1v) is 6.07. The minimum atomic E-state index is 0.0134. The van der Waals surface area contributed by atoms with Crippen molar-refractivity contribution in [1.82, 2.24) is 4.57 Å². The molecule has 1 aromatic heterocycles. The lowest BCUT2D eigenvalue weighted by atomic mass is 9.83. The molecule has 0 aliphatic rings. The summed E-state index contributed by atoms with van der Waals surface area (Å²) in [6, 6.07) is 4.51. The molecule has 0 spiro atoms. The Balaban J connectivity index is 2.88. The smallest absolute Gasteiger partial charge is 0.0486 e. The first-order valence-electron chi connectivity index (χ1n) is 6.07. The molecule has 1 heterocycles. The SMILES string of the molecule is C=CC(C)(C)c1cn(C)c2cc(C)cc(C)c12. The van der Waals surface area contributed by atoms with Crippen molar-refractivity contribution in [3.05, 3.63) is 47.7 Å². The van der Waals surface area contributed by atoms with Gasteiger partial charge in [-0.3, -0.25) is 0 Å². The Morgan fingerprint density at radius 2 is 1.88 bits per heavy atom. The highest BCUT2D eigenvalue weighted by Gasteiger charge is 2.22. The van der Waals surface area contributed by atoms with Gasteiger partial charge in [0.25, 0.3) is 0 Å². The zero-order chi connectivity index (χ0) is 12.8. The van der Waals surface area contributed by atoms with Crippen LogP contribution in [0, 0.1) is 13.8 Å². The molecule has 0 saturated carbocycles. The second-order valence-electron chi connectivity index (χ2n) is 5.56. The molecule has 2 rings (SSSR count). The summed E-state index contributed by atoms with van der Waals surface area (Å²) in [5.74, 6) is 0. The summed E-state index contributed by atoms with van der Waals surface area (Å²) >= 11 is 0. The number of hydrogen-bond acceptors (Lipinski definition) is 0. The van der Waals surface area contributed by atoms with Crippen LogP contribution in [0.1, 0.15) is 30.5 Å². The van der Waals surface area contributed by atoms with Crippen LogP contribution in [0.3, 0.4) is 0 Å². The Morgan fingerprint density at radius 1 is 1.24 bits per heavy atom. The second kappa shape index (κ2) is 3.76. The molecule has 0 bridgehead atoms. The first-order chi connectivity index (χ1) is 7.86. The van der Waals surface area contributed by atoms with Crippen molar-refractivity contribution in [1.29, 1.82) is 0 Å². The summed E-state index contributed by atoms with van der Waals surface area (Å²) in [5, 5.41) is 1.38. The summed E-state index contributed by atoms with van der Waals surface area (Å²) in [5.41, 5.74) is 5.36. The number of rotatable bonds is 2. The van der Waals surface area contributed by atoms with E-state index < -0.39 is 0 Å². The largest absolute Gasteiger partial charge is 0.350 e. The van der Waals surface area contributed by atoms with Crippen molar-refractivity contribution in [3.63, 3.8) is 0 Å². The monoisotopic (exact) mass is 227 g/mol. The number of allylic oxidation sites excluding steroid dienone is 1. The molecular weight excluding hydrogens is 206 g/mol. The molecule has 0 radical (unpaired) electrons. The molecule has 1 aromatic carbocycles. The van der Waals surface area contributed by atoms with Gasteiger partial charge in [-0.05, 0) is 36.6 Å². The predicted octanol–water partition coefficient (Wildman–Crippen LogP) is 4.26. The fraction of sp³-hybridized carbons (Fsp3) is 0.375. The lowest BCUT2D eigenvalue weighted by Gasteiger charge is -2.19. The van der Waals surface area contributed by atoms with Crippen molar-refractivity contribution in [2.24, 2.45) is 7.05 Å². The highest BCUT2D eigenvalue weighted by molar-refractivity contribution is 5.89. The molecule has 1 nitrogen and oxygen atoms in total. The zero-order valence-corrected chi connectivity index (χ0v) is 11.5. The van der Waals surface area contributed by atoms with E-state index in [9.17, 15) is 0 Å². The van der Waals surface area contributed by atoms with Gasteiger partial charge in [0.15, 0.2) is 0 Å². The van der Waals surface area contributed by atoms with Crippen LogP contribution in [-0.2, 0) is 12.5 Å². The first kappa shape index (κ1) is 12.0. The molecule has 0 fully saturated rings. The Labute approximate surface area is 104 Å². The third-order valence-corrected chi connectivity index (χ3v) is 3.64. The van der Waals surface area contributed by atoms with Crippen LogP contribution in [0.25, 0.3) is 10.9 Å². The van der Waals surface area contributed by atoms with Gasteiger partial charge in [-0.1, -0.05) is 26.0 Å². The normalized spacial score (nSPS) is 12.1. The Kier molecular flexibility index (Phi) is 2.65. The maximum atomic E-state index is 3.96. The van der Waals surface area contributed by atoms with E-state index in [1.165, 1.54) is 27.6 Å². The highest BCUT2D eigenvalue weighted by Crippen LogP contribution is 2.34. The number of nitrogens with zero attached hydrogens (tertiary/aromatic N) is 1. The van der Waals surface area contributed by atoms with E-state index in [0.29, 0.717) is 0 Å². The minimum absolute atomic E-state index is 0.0134. The molecule has 0 N–H and O–H groups in total. The zero-order valence-electron chi connectivity index (χ0n) is 11.5. The van der Waals surface area contributed by atoms with E-state index in [1.807, 2.05) is 6.08 Å². The maximum Gasteiger partial charge on any atom is 0.0486 e. The highest BCUT2D eigenvalue weighted by atomic mass is 14.9. The third-order valence-electron chi connectivity index (χ3n) is 3.64. The van der Waals surface area contributed by atoms with Crippen molar-refractivity contribution < 1.29 is 0 Å². The molecule has 0 atom stereocenters. The fourth-order valence-electron chi connectivity index (χ4n) is 2.50. The van der Waals surface area contributed by atoms with Crippen LogP contribution in [-0.4, -0.2) is 4.57 Å². The average molecular weight is 227 g/mol. The topological polar surface area (TPSA) is 4.93 Å². The van der Waals surface area contributed by atoms with Gasteiger partial charge in [-0.15, -0.1) is 6.58 Å². The van der Waals surface area contributed by atoms with Gasteiger partial charge in [0.05, 0.1) is 0 Å². The molecule has 90 valence electrons. The molecule has 17 heavy (non-hydrogen) atoms. The number of aryl methyl sites for hydroxylation is 3. The molecule has 0 aliphatic heterocycles. The number of benzene rings is 1. The fourth-order valence-corrected chi connectivity index (χ4v) is 2.50. The van der Waals surface area contributed by atoms with Crippen LogP contribution in [0.5, 0.6) is 0 Å². The number of hydrogen-bond donors (Lipinski definition) is 0. The van der Waals surface area contributed by atoms with Gasteiger partial charge < -0.3 is 4.57 Å². The van der Waals surface area contributed by atoms with Crippen LogP contribution < -0.4 is 0 Å². The van der Waals surface area contributed by atoms with Crippen LogP contribution in [0.4, 0.5) is 0 Å². The van der Waals surface area contributed by atoms with Gasteiger partial charge in [0.1, 0.15) is 0 Å². The van der Waals surface area contributed by atoms with Gasteiger partial charge in [0.2, 0.25) is 0 Å². The van der Waals surface area contributed by atoms with E-state index in [1.54, 1.807) is 0 Å². The Hall–Kier alpha value is -1.50. The van der Waals surface area contributed by atoms with E-state index in [2.05, 4.69) is 64.2 Å². The lowest BCUT2D eigenvalue weighted by molar-refractivity contribution is 0.674. The standard InChI is InChI=1S/C16H21N/c1-7-16(4,5)13-10-17(6)14-9-11(2)8-12(3)15(13)14/h7-10H,1H2,2-6H3. The van der Waals surface area contributed by atoms with E-state index in [0.717, 1.165) is 0 Å². The summed E-state index contributed by atoms with van der Waals surface area (Å²) < 4.78 is 2.22. The molecule has 1 heteroatoms. The third kappa shape index (κ3) is 1.80. The van der Waals surface area contributed by atoms with Gasteiger partial charge in [0, 0.05) is 29.6 Å². The number of fused-ring (bicyclic) bond motifs is 1. The molecular formula is C16H21N. The molecule has 0 aliphatic carbocycles. The molecule has 0 unspecified atom stereocenters. The van der Waals surface area contributed by atoms with Gasteiger partial charge in [-0.2, -0.15) is 0 Å². The predicted molar refractivity (Wildman–Crippen MR) is 75.6 cm³/mol. The van der Waals surface area contributed by atoms with E-state index >= 15 is 0 Å². The van der Waals surface area contributed by atoms with Crippen LogP contribution >= 0.6 is 0 Å². The van der Waals surface area contributed by atoms with Crippen molar-refractivity contribution >= 4 is 10.9 Å². The minimum Gasteiger partial charge on any atom is -0.350 e. The Morgan fingerprint density at radius 3 is 2.47 bits per heavy atom. The number of aromatic nitrogens is 1. The lowest BCUT2D eigenvalue weighted by Crippen LogP contribution is -2.12. The molecule has 2 aromatic rings. The Bertz CT molecular complexity index is 585. The van der Waals surface area contributed by atoms with Crippen LogP contribution in [0.2, 0.25) is 0 Å². The molecule has 0 saturated heterocycles.